The second-order valence-electron chi connectivity index (χ2n) is 4.87. The van der Waals surface area contributed by atoms with Gasteiger partial charge in [-0.25, -0.2) is 0 Å². The summed E-state index contributed by atoms with van der Waals surface area (Å²) in [6, 6.07) is 10.9. The van der Waals surface area contributed by atoms with Crippen molar-refractivity contribution in [2.75, 3.05) is 5.32 Å². The van der Waals surface area contributed by atoms with E-state index in [1.54, 1.807) is 29.0 Å². The number of carbonyl (C=O) groups excluding carboxylic acids is 1. The number of nitrogens with zero attached hydrogens (tertiary/aromatic N) is 4. The van der Waals surface area contributed by atoms with Gasteiger partial charge in [-0.3, -0.25) is 10.1 Å². The maximum Gasteiger partial charge on any atom is 0.257 e. The molecule has 3 heterocycles. The number of carbonyl (C=O) groups is 1. The Morgan fingerprint density at radius 3 is 2.87 bits per heavy atom. The van der Waals surface area contributed by atoms with E-state index in [2.05, 4.69) is 20.6 Å². The van der Waals surface area contributed by atoms with Crippen LogP contribution in [0.4, 0.5) is 5.13 Å². The summed E-state index contributed by atoms with van der Waals surface area (Å²) in [6.07, 6.45) is 1.56. The van der Waals surface area contributed by atoms with E-state index in [1.807, 2.05) is 25.1 Å². The van der Waals surface area contributed by atoms with Crippen LogP contribution >= 0.6 is 11.3 Å². The smallest absolute Gasteiger partial charge is 0.257 e. The molecule has 7 nitrogen and oxygen atoms in total. The fourth-order valence-corrected chi connectivity index (χ4v) is 2.95. The van der Waals surface area contributed by atoms with Crippen LogP contribution in [0.3, 0.4) is 0 Å². The number of fused-ring (bicyclic) bond motifs is 1. The average molecular weight is 325 g/mol. The SMILES string of the molecule is Cc1ccccc1C(=O)Nc1nn2c(-c3ccco3)nnc2s1. The molecule has 3 aromatic heterocycles. The van der Waals surface area contributed by atoms with E-state index < -0.39 is 0 Å². The molecule has 0 atom stereocenters. The highest BCUT2D eigenvalue weighted by atomic mass is 32.1. The van der Waals surface area contributed by atoms with Crippen LogP contribution in [0, 0.1) is 6.92 Å². The van der Waals surface area contributed by atoms with E-state index in [-0.39, 0.29) is 5.91 Å². The maximum atomic E-state index is 12.3. The van der Waals surface area contributed by atoms with Crippen molar-refractivity contribution < 1.29 is 9.21 Å². The van der Waals surface area contributed by atoms with Gasteiger partial charge in [0, 0.05) is 5.56 Å². The van der Waals surface area contributed by atoms with Crippen molar-refractivity contribution in [2.45, 2.75) is 6.92 Å². The van der Waals surface area contributed by atoms with Gasteiger partial charge < -0.3 is 4.42 Å². The first-order valence-corrected chi connectivity index (χ1v) is 7.67. The summed E-state index contributed by atoms with van der Waals surface area (Å²) in [4.78, 5) is 12.9. The first kappa shape index (κ1) is 13.6. The normalized spacial score (nSPS) is 11.0. The molecule has 0 fully saturated rings. The molecular formula is C15H11N5O2S. The molecule has 1 amide bonds. The zero-order valence-corrected chi connectivity index (χ0v) is 12.9. The molecule has 114 valence electrons. The summed E-state index contributed by atoms with van der Waals surface area (Å²) in [6.45, 7) is 1.89. The number of benzene rings is 1. The van der Waals surface area contributed by atoms with Gasteiger partial charge >= 0.3 is 0 Å². The number of hydrogen-bond donors (Lipinski definition) is 1. The van der Waals surface area contributed by atoms with Crippen molar-refractivity contribution >= 4 is 27.3 Å². The molecule has 0 bridgehead atoms. The Bertz CT molecular complexity index is 987. The predicted molar refractivity (Wildman–Crippen MR) is 85.5 cm³/mol. The van der Waals surface area contributed by atoms with Gasteiger partial charge in [0.05, 0.1) is 6.26 Å². The number of anilines is 1. The zero-order valence-electron chi connectivity index (χ0n) is 12.1. The molecule has 1 N–H and O–H groups in total. The Hall–Kier alpha value is -3.00. The van der Waals surface area contributed by atoms with E-state index in [1.165, 1.54) is 11.3 Å². The number of hydrogen-bond acceptors (Lipinski definition) is 6. The highest BCUT2D eigenvalue weighted by Gasteiger charge is 2.17. The number of nitrogens with one attached hydrogen (secondary N) is 1. The van der Waals surface area contributed by atoms with Crippen molar-refractivity contribution in [2.24, 2.45) is 0 Å². The quantitative estimate of drug-likeness (QED) is 0.626. The molecule has 0 aliphatic rings. The lowest BCUT2D eigenvalue weighted by atomic mass is 10.1. The molecule has 0 aliphatic heterocycles. The Balaban J connectivity index is 1.66. The minimum atomic E-state index is -0.201. The van der Waals surface area contributed by atoms with Crippen LogP contribution < -0.4 is 5.32 Å². The second kappa shape index (κ2) is 5.33. The second-order valence-corrected chi connectivity index (χ2v) is 5.83. The fourth-order valence-electron chi connectivity index (χ4n) is 2.22. The lowest BCUT2D eigenvalue weighted by Gasteiger charge is -2.04. The summed E-state index contributed by atoms with van der Waals surface area (Å²) >= 11 is 1.25. The molecule has 23 heavy (non-hydrogen) atoms. The summed E-state index contributed by atoms with van der Waals surface area (Å²) in [7, 11) is 0. The monoisotopic (exact) mass is 325 g/mol. The van der Waals surface area contributed by atoms with Crippen LogP contribution in [0.2, 0.25) is 0 Å². The van der Waals surface area contributed by atoms with Gasteiger partial charge in [0.2, 0.25) is 15.9 Å². The summed E-state index contributed by atoms with van der Waals surface area (Å²) in [5, 5.41) is 15.7. The van der Waals surface area contributed by atoms with Crippen molar-refractivity contribution in [3.05, 3.63) is 53.8 Å². The summed E-state index contributed by atoms with van der Waals surface area (Å²) in [5.41, 5.74) is 1.52. The molecular weight excluding hydrogens is 314 g/mol. The summed E-state index contributed by atoms with van der Waals surface area (Å²) < 4.78 is 6.87. The average Bonchev–Trinajstić information content (AvgIpc) is 3.23. The number of furan rings is 1. The third-order valence-electron chi connectivity index (χ3n) is 3.34. The molecule has 0 saturated heterocycles. The lowest BCUT2D eigenvalue weighted by molar-refractivity contribution is 0.102. The van der Waals surface area contributed by atoms with Gasteiger partial charge in [-0.05, 0) is 30.7 Å². The van der Waals surface area contributed by atoms with Gasteiger partial charge in [0.25, 0.3) is 5.91 Å². The highest BCUT2D eigenvalue weighted by molar-refractivity contribution is 7.20. The topological polar surface area (TPSA) is 85.3 Å². The van der Waals surface area contributed by atoms with Crippen LogP contribution in [-0.2, 0) is 0 Å². The minimum absolute atomic E-state index is 0.201. The molecule has 0 unspecified atom stereocenters. The Kier molecular flexibility index (Phi) is 3.16. The number of rotatable bonds is 3. The number of amides is 1. The van der Waals surface area contributed by atoms with Crippen molar-refractivity contribution in [1.82, 2.24) is 19.8 Å². The van der Waals surface area contributed by atoms with Gasteiger partial charge in [0.15, 0.2) is 5.76 Å². The van der Waals surface area contributed by atoms with Crippen molar-refractivity contribution in [3.63, 3.8) is 0 Å². The van der Waals surface area contributed by atoms with Gasteiger partial charge in [0.1, 0.15) is 0 Å². The Labute approximate surface area is 134 Å². The van der Waals surface area contributed by atoms with E-state index in [0.717, 1.165) is 5.56 Å². The summed E-state index contributed by atoms with van der Waals surface area (Å²) in [5.74, 6) is 0.866. The van der Waals surface area contributed by atoms with E-state index >= 15 is 0 Å². The molecule has 0 aliphatic carbocycles. The van der Waals surface area contributed by atoms with Crippen LogP contribution in [0.5, 0.6) is 0 Å². The third-order valence-corrected chi connectivity index (χ3v) is 4.16. The maximum absolute atomic E-state index is 12.3. The van der Waals surface area contributed by atoms with Gasteiger partial charge in [-0.2, -0.15) is 4.52 Å². The predicted octanol–water partition coefficient (Wildman–Crippen LogP) is 3.01. The highest BCUT2D eigenvalue weighted by Crippen LogP contribution is 2.24. The van der Waals surface area contributed by atoms with Crippen LogP contribution in [0.15, 0.2) is 47.1 Å². The molecule has 1 aromatic carbocycles. The lowest BCUT2D eigenvalue weighted by Crippen LogP contribution is -2.13. The molecule has 8 heteroatoms. The largest absolute Gasteiger partial charge is 0.461 e. The Morgan fingerprint density at radius 2 is 2.09 bits per heavy atom. The third kappa shape index (κ3) is 2.38. The fraction of sp³-hybridized carbons (Fsp3) is 0.0667. The van der Waals surface area contributed by atoms with Gasteiger partial charge in [-0.1, -0.05) is 29.5 Å². The molecule has 0 spiro atoms. The zero-order chi connectivity index (χ0) is 15.8. The Morgan fingerprint density at radius 1 is 1.22 bits per heavy atom. The molecule has 0 radical (unpaired) electrons. The minimum Gasteiger partial charge on any atom is -0.461 e. The van der Waals surface area contributed by atoms with E-state index in [4.69, 9.17) is 4.42 Å². The van der Waals surface area contributed by atoms with Gasteiger partial charge in [-0.15, -0.1) is 15.3 Å². The van der Waals surface area contributed by atoms with E-state index in [0.29, 0.717) is 27.2 Å². The molecule has 4 aromatic rings. The first-order valence-electron chi connectivity index (χ1n) is 6.85. The van der Waals surface area contributed by atoms with Crippen molar-refractivity contribution in [1.29, 1.82) is 0 Å². The molecule has 4 rings (SSSR count). The van der Waals surface area contributed by atoms with E-state index in [9.17, 15) is 4.79 Å². The first-order chi connectivity index (χ1) is 11.2. The number of aryl methyl sites for hydroxylation is 1. The molecule has 0 saturated carbocycles. The standard InChI is InChI=1S/C15H11N5O2S/c1-9-5-2-3-6-10(9)13(21)16-14-19-20-12(11-7-4-8-22-11)17-18-15(20)23-14/h2-8H,1H3,(H,16,19,21). The van der Waals surface area contributed by atoms with Crippen LogP contribution in [0.25, 0.3) is 16.5 Å². The number of aromatic nitrogens is 4. The van der Waals surface area contributed by atoms with Crippen molar-refractivity contribution in [3.8, 4) is 11.6 Å². The van der Waals surface area contributed by atoms with Crippen LogP contribution in [0.1, 0.15) is 15.9 Å². The van der Waals surface area contributed by atoms with Crippen LogP contribution in [-0.4, -0.2) is 25.7 Å².